The topological polar surface area (TPSA) is 58.6 Å². The van der Waals surface area contributed by atoms with E-state index in [-0.39, 0.29) is 18.3 Å². The lowest BCUT2D eigenvalue weighted by atomic mass is 10.2. The lowest BCUT2D eigenvalue weighted by Crippen LogP contribution is -2.38. The second kappa shape index (κ2) is 9.53. The second-order valence-corrected chi connectivity index (χ2v) is 6.89. The fourth-order valence-electron chi connectivity index (χ4n) is 1.83. The van der Waals surface area contributed by atoms with Crippen LogP contribution in [0, 0.1) is 0 Å². The molecule has 0 heterocycles. The first-order valence-electron chi connectivity index (χ1n) is 7.29. The van der Waals surface area contributed by atoms with Crippen molar-refractivity contribution in [3.8, 4) is 5.75 Å². The molecule has 0 saturated heterocycles. The molecule has 1 N–H and O–H groups in total. The number of hydrogen-bond donors (Lipinski definition) is 1. The van der Waals surface area contributed by atoms with Gasteiger partial charge in [-0.15, -0.1) is 0 Å². The number of hydrogen-bond acceptors (Lipinski definition) is 3. The Kier molecular flexibility index (Phi) is 7.39. The number of ether oxygens (including phenoxy) is 1. The molecule has 0 spiro atoms. The highest BCUT2D eigenvalue weighted by Crippen LogP contribution is 2.16. The molecule has 0 saturated carbocycles. The number of amides is 2. The largest absolute Gasteiger partial charge is 0.484 e. The quantitative estimate of drug-likeness (QED) is 0.625. The number of carbonyl (C=O) groups is 2. The SMILES string of the molecule is O=C(COc1ccc(Br)cc1)NCC(=O)N(F)Cc1ccc(Br)cc1. The van der Waals surface area contributed by atoms with Crippen molar-refractivity contribution in [2.45, 2.75) is 6.54 Å². The van der Waals surface area contributed by atoms with Crippen molar-refractivity contribution in [2.24, 2.45) is 0 Å². The fraction of sp³-hybridized carbons (Fsp3) is 0.176. The maximum atomic E-state index is 13.8. The zero-order chi connectivity index (χ0) is 18.2. The first kappa shape index (κ1) is 19.4. The molecular weight excluding hydrogens is 459 g/mol. The Balaban J connectivity index is 1.71. The third kappa shape index (κ3) is 6.83. The van der Waals surface area contributed by atoms with E-state index in [9.17, 15) is 14.1 Å². The molecular formula is C17H15Br2FN2O3. The van der Waals surface area contributed by atoms with Crippen LogP contribution in [0.2, 0.25) is 0 Å². The molecule has 0 aromatic heterocycles. The minimum atomic E-state index is -0.833. The summed E-state index contributed by atoms with van der Waals surface area (Å²) in [5.41, 5.74) is 0.643. The summed E-state index contributed by atoms with van der Waals surface area (Å²) in [6, 6.07) is 13.9. The highest BCUT2D eigenvalue weighted by atomic mass is 79.9. The van der Waals surface area contributed by atoms with Gasteiger partial charge in [0.1, 0.15) is 5.75 Å². The summed E-state index contributed by atoms with van der Waals surface area (Å²) in [5, 5.41) is 2.40. The lowest BCUT2D eigenvalue weighted by molar-refractivity contribution is -0.147. The molecule has 5 nitrogen and oxygen atoms in total. The predicted octanol–water partition coefficient (Wildman–Crippen LogP) is 3.62. The Hall–Kier alpha value is -1.93. The molecule has 0 aliphatic heterocycles. The Bertz CT molecular complexity index is 724. The third-order valence-electron chi connectivity index (χ3n) is 3.13. The summed E-state index contributed by atoms with van der Waals surface area (Å²) in [4.78, 5) is 23.4. The van der Waals surface area contributed by atoms with Crippen molar-refractivity contribution in [3.05, 3.63) is 63.0 Å². The van der Waals surface area contributed by atoms with Crippen LogP contribution in [0.4, 0.5) is 4.48 Å². The van der Waals surface area contributed by atoms with Gasteiger partial charge in [0, 0.05) is 8.95 Å². The van der Waals surface area contributed by atoms with E-state index in [0.29, 0.717) is 11.3 Å². The normalized spacial score (nSPS) is 10.2. The molecule has 25 heavy (non-hydrogen) atoms. The van der Waals surface area contributed by atoms with Crippen molar-refractivity contribution < 1.29 is 18.8 Å². The van der Waals surface area contributed by atoms with Crippen LogP contribution in [0.15, 0.2) is 57.5 Å². The Labute approximate surface area is 161 Å². The van der Waals surface area contributed by atoms with Gasteiger partial charge in [0.15, 0.2) is 6.61 Å². The first-order chi connectivity index (χ1) is 11.9. The highest BCUT2D eigenvalue weighted by molar-refractivity contribution is 9.10. The van der Waals surface area contributed by atoms with Gasteiger partial charge in [-0.25, -0.2) is 0 Å². The third-order valence-corrected chi connectivity index (χ3v) is 4.18. The number of halogens is 3. The van der Waals surface area contributed by atoms with Crippen LogP contribution in [0.5, 0.6) is 5.75 Å². The summed E-state index contributed by atoms with van der Waals surface area (Å²) < 4.78 is 20.8. The number of rotatable bonds is 7. The first-order valence-corrected chi connectivity index (χ1v) is 8.88. The van der Waals surface area contributed by atoms with Gasteiger partial charge in [-0.3, -0.25) is 9.59 Å². The summed E-state index contributed by atoms with van der Waals surface area (Å²) in [5.74, 6) is -0.819. The monoisotopic (exact) mass is 472 g/mol. The Morgan fingerprint density at radius 1 is 1.00 bits per heavy atom. The average Bonchev–Trinajstić information content (AvgIpc) is 2.61. The van der Waals surface area contributed by atoms with E-state index < -0.39 is 18.4 Å². The molecule has 2 amide bonds. The predicted molar refractivity (Wildman–Crippen MR) is 98.4 cm³/mol. The van der Waals surface area contributed by atoms with Crippen LogP contribution < -0.4 is 10.1 Å². The van der Waals surface area contributed by atoms with Gasteiger partial charge in [0.05, 0.1) is 13.1 Å². The molecule has 0 aliphatic carbocycles. The Morgan fingerprint density at radius 3 is 2.16 bits per heavy atom. The maximum absolute atomic E-state index is 13.8. The lowest BCUT2D eigenvalue weighted by Gasteiger charge is -2.13. The molecule has 0 aliphatic rings. The standard InChI is InChI=1S/C17H15Br2FN2O3/c18-13-3-1-12(2-4-13)10-22(20)17(24)9-21-16(23)11-25-15-7-5-14(19)6-8-15/h1-8H,9-11H2,(H,21,23). The molecule has 2 aromatic rings. The summed E-state index contributed by atoms with van der Waals surface area (Å²) in [7, 11) is 0. The maximum Gasteiger partial charge on any atom is 0.269 e. The average molecular weight is 474 g/mol. The zero-order valence-corrected chi connectivity index (χ0v) is 16.2. The van der Waals surface area contributed by atoms with Crippen LogP contribution >= 0.6 is 31.9 Å². The van der Waals surface area contributed by atoms with Crippen molar-refractivity contribution in [1.82, 2.24) is 10.4 Å². The Morgan fingerprint density at radius 2 is 1.56 bits per heavy atom. The van der Waals surface area contributed by atoms with Gasteiger partial charge in [0.25, 0.3) is 11.8 Å². The van der Waals surface area contributed by atoms with Crippen LogP contribution in [0.25, 0.3) is 0 Å². The molecule has 0 bridgehead atoms. The number of carbonyl (C=O) groups excluding carboxylic acids is 2. The van der Waals surface area contributed by atoms with Gasteiger partial charge >= 0.3 is 0 Å². The summed E-state index contributed by atoms with van der Waals surface area (Å²) in [6.45, 7) is -0.874. The number of benzene rings is 2. The van der Waals surface area contributed by atoms with Gasteiger partial charge in [-0.1, -0.05) is 48.5 Å². The smallest absolute Gasteiger partial charge is 0.269 e. The molecule has 132 valence electrons. The molecule has 2 rings (SSSR count). The molecule has 8 heteroatoms. The number of nitrogens with zero attached hydrogens (tertiary/aromatic N) is 1. The van der Waals surface area contributed by atoms with Crippen molar-refractivity contribution in [3.63, 3.8) is 0 Å². The van der Waals surface area contributed by atoms with Crippen LogP contribution in [-0.2, 0) is 16.1 Å². The van der Waals surface area contributed by atoms with Crippen LogP contribution in [0.3, 0.4) is 0 Å². The molecule has 0 atom stereocenters. The van der Waals surface area contributed by atoms with Gasteiger partial charge in [-0.05, 0) is 42.0 Å². The van der Waals surface area contributed by atoms with Gasteiger partial charge < -0.3 is 10.1 Å². The van der Waals surface area contributed by atoms with Crippen molar-refractivity contribution in [1.29, 1.82) is 0 Å². The van der Waals surface area contributed by atoms with E-state index in [1.165, 1.54) is 0 Å². The van der Waals surface area contributed by atoms with E-state index >= 15 is 0 Å². The van der Waals surface area contributed by atoms with Crippen molar-refractivity contribution in [2.75, 3.05) is 13.2 Å². The van der Waals surface area contributed by atoms with Gasteiger partial charge in [-0.2, -0.15) is 5.12 Å². The van der Waals surface area contributed by atoms with Gasteiger partial charge in [0.2, 0.25) is 0 Å². The fourth-order valence-corrected chi connectivity index (χ4v) is 2.36. The van der Waals surface area contributed by atoms with E-state index in [1.807, 2.05) is 0 Å². The summed E-state index contributed by atoms with van der Waals surface area (Å²) in [6.07, 6.45) is 0. The summed E-state index contributed by atoms with van der Waals surface area (Å²) >= 11 is 6.57. The molecule has 0 fully saturated rings. The van der Waals surface area contributed by atoms with E-state index in [0.717, 1.165) is 8.95 Å². The molecule has 0 unspecified atom stereocenters. The van der Waals surface area contributed by atoms with E-state index in [1.54, 1.807) is 48.5 Å². The highest BCUT2D eigenvalue weighted by Gasteiger charge is 2.14. The van der Waals surface area contributed by atoms with Crippen LogP contribution in [-0.4, -0.2) is 30.1 Å². The van der Waals surface area contributed by atoms with E-state index in [2.05, 4.69) is 37.2 Å². The molecule has 2 aromatic carbocycles. The number of nitrogens with one attached hydrogen (secondary N) is 1. The molecule has 0 radical (unpaired) electrons. The van der Waals surface area contributed by atoms with E-state index in [4.69, 9.17) is 4.74 Å². The van der Waals surface area contributed by atoms with Crippen LogP contribution in [0.1, 0.15) is 5.56 Å². The minimum Gasteiger partial charge on any atom is -0.484 e. The minimum absolute atomic E-state index is 0.0685. The second-order valence-electron chi connectivity index (χ2n) is 5.06. The zero-order valence-electron chi connectivity index (χ0n) is 13.0. The van der Waals surface area contributed by atoms with Crippen molar-refractivity contribution >= 4 is 43.7 Å².